The molecule has 2 radical (unpaired) electrons. The molecule has 3 aromatic rings. The molecule has 0 aliphatic heterocycles. The molecule has 0 fully saturated rings. The Morgan fingerprint density at radius 1 is 0.935 bits per heavy atom. The van der Waals surface area contributed by atoms with Gasteiger partial charge in [0.25, 0.3) is 11.5 Å². The van der Waals surface area contributed by atoms with E-state index in [1.807, 2.05) is 0 Å². The molecular weight excluding hydrogens is 638 g/mol. The molecule has 0 aliphatic carbocycles. The summed E-state index contributed by atoms with van der Waals surface area (Å²) in [5, 5.41) is 22.0. The Morgan fingerprint density at radius 3 is 2.07 bits per heavy atom. The van der Waals surface area contributed by atoms with Crippen LogP contribution in [0.25, 0.3) is 0 Å². The van der Waals surface area contributed by atoms with E-state index in [4.69, 9.17) is 26.2 Å². The highest BCUT2D eigenvalue weighted by atomic mass is 31.2. The number of carbonyl (C=O) groups excluding carboxylic acids is 1. The number of aliphatic hydroxyl groups is 2. The van der Waals surface area contributed by atoms with E-state index in [-0.39, 0.29) is 5.69 Å². The molecule has 0 saturated heterocycles. The van der Waals surface area contributed by atoms with Gasteiger partial charge in [-0.15, -0.1) is 0 Å². The van der Waals surface area contributed by atoms with Crippen LogP contribution in [-0.4, -0.2) is 39.7 Å². The summed E-state index contributed by atoms with van der Waals surface area (Å²) >= 11 is 0. The first-order valence-electron chi connectivity index (χ1n) is 13.5. The smallest absolute Gasteiger partial charge is 0.456 e. The fourth-order valence-corrected chi connectivity index (χ4v) is 5.48. The van der Waals surface area contributed by atoms with E-state index in [1.54, 1.807) is 41.5 Å². The summed E-state index contributed by atoms with van der Waals surface area (Å²) in [6.45, 7) is 9.24. The number of amides is 1. The zero-order valence-electron chi connectivity index (χ0n) is 25.6. The Morgan fingerprint density at radius 2 is 1.54 bits per heavy atom. The minimum Gasteiger partial charge on any atom is -0.456 e. The number of pyridine rings is 1. The molecule has 1 heterocycles. The van der Waals surface area contributed by atoms with Crippen molar-refractivity contribution < 1.29 is 55.4 Å². The molecule has 0 atom stereocenters. The van der Waals surface area contributed by atoms with Crippen molar-refractivity contribution in [3.63, 3.8) is 0 Å². The van der Waals surface area contributed by atoms with E-state index in [0.717, 1.165) is 28.8 Å². The molecule has 1 amide bonds. The number of hydrogen-bond donors (Lipinski definition) is 3. The maximum Gasteiger partial charge on any atom is 0.477 e. The Bertz CT molecular complexity index is 1670. The summed E-state index contributed by atoms with van der Waals surface area (Å²) in [4.78, 5) is 26.0. The van der Waals surface area contributed by atoms with Crippen LogP contribution in [0.4, 0.5) is 23.2 Å². The minimum atomic E-state index is -4.86. The lowest BCUT2D eigenvalue weighted by atomic mass is 9.87. The van der Waals surface area contributed by atoms with E-state index >= 15 is 0 Å². The molecule has 248 valence electrons. The molecule has 3 N–H and O–H groups in total. The number of nitrogens with one attached hydrogen (secondary N) is 1. The normalized spacial score (nSPS) is 13.0. The van der Waals surface area contributed by atoms with Crippen molar-refractivity contribution in [1.82, 2.24) is 4.57 Å². The molecule has 11 nitrogen and oxygen atoms in total. The lowest BCUT2D eigenvalue weighted by Crippen LogP contribution is -2.26. The second-order valence-electron chi connectivity index (χ2n) is 12.0. The van der Waals surface area contributed by atoms with Gasteiger partial charge < -0.3 is 20.3 Å². The van der Waals surface area contributed by atoms with Gasteiger partial charge in [-0.25, -0.2) is 8.96 Å². The molecule has 0 aliphatic rings. The number of alkyl halides is 3. The van der Waals surface area contributed by atoms with Crippen molar-refractivity contribution >= 4 is 27.3 Å². The summed E-state index contributed by atoms with van der Waals surface area (Å²) in [6, 6.07) is 6.37. The predicted molar refractivity (Wildman–Crippen MR) is 159 cm³/mol. The SMILES string of the molecule is [B]C(O)(O)c1cc(F)ccc1Oc1cc(C(F)(F)F)ccc1C(=O)Nc1ccn(COP(=O)(OC(C)(C)C)OC(C)(C)C)c(=O)c1. The van der Waals surface area contributed by atoms with Crippen LogP contribution in [0.3, 0.4) is 0 Å². The van der Waals surface area contributed by atoms with Crippen LogP contribution in [0.5, 0.6) is 11.5 Å². The Balaban J connectivity index is 1.90. The molecule has 17 heteroatoms. The second kappa shape index (κ2) is 13.3. The third kappa shape index (κ3) is 10.5. The fourth-order valence-electron chi connectivity index (χ4n) is 3.73. The van der Waals surface area contributed by atoms with E-state index in [2.05, 4.69) is 5.32 Å². The highest BCUT2D eigenvalue weighted by Crippen LogP contribution is 2.55. The lowest BCUT2D eigenvalue weighted by Gasteiger charge is -2.30. The van der Waals surface area contributed by atoms with Crippen molar-refractivity contribution in [2.45, 2.75) is 71.3 Å². The number of rotatable bonds is 10. The first-order chi connectivity index (χ1) is 20.9. The van der Waals surface area contributed by atoms with Gasteiger partial charge in [-0.05, 0) is 84.0 Å². The topological polar surface area (TPSA) is 146 Å². The summed E-state index contributed by atoms with van der Waals surface area (Å²) in [5.41, 5.74) is -8.28. The first-order valence-corrected chi connectivity index (χ1v) is 14.9. The number of halogens is 4. The summed E-state index contributed by atoms with van der Waals surface area (Å²) in [5.74, 6) is -3.27. The van der Waals surface area contributed by atoms with Gasteiger partial charge in [0.15, 0.2) is 7.85 Å². The van der Waals surface area contributed by atoms with E-state index in [0.29, 0.717) is 18.2 Å². The molecule has 1 aromatic heterocycles. The van der Waals surface area contributed by atoms with Crippen LogP contribution >= 0.6 is 7.82 Å². The number of phosphoric ester groups is 1. The molecule has 46 heavy (non-hydrogen) atoms. The van der Waals surface area contributed by atoms with Gasteiger partial charge in [0, 0.05) is 23.5 Å². The highest BCUT2D eigenvalue weighted by molar-refractivity contribution is 7.48. The van der Waals surface area contributed by atoms with Gasteiger partial charge in [0.05, 0.1) is 22.3 Å². The number of aromatic nitrogens is 1. The molecule has 0 unspecified atom stereocenters. The van der Waals surface area contributed by atoms with Crippen LogP contribution < -0.4 is 15.6 Å². The Kier molecular flexibility index (Phi) is 10.7. The van der Waals surface area contributed by atoms with Gasteiger partial charge in [-0.1, -0.05) is 0 Å². The van der Waals surface area contributed by atoms with Gasteiger partial charge in [-0.3, -0.25) is 27.7 Å². The summed E-state index contributed by atoms with van der Waals surface area (Å²) in [7, 11) is 1.07. The fraction of sp³-hybridized carbons (Fsp3) is 0.379. The van der Waals surface area contributed by atoms with Gasteiger partial charge in [0.1, 0.15) is 29.7 Å². The van der Waals surface area contributed by atoms with Crippen LogP contribution in [0.2, 0.25) is 0 Å². The van der Waals surface area contributed by atoms with E-state index in [1.165, 1.54) is 12.3 Å². The average Bonchev–Trinajstić information content (AvgIpc) is 2.85. The van der Waals surface area contributed by atoms with Gasteiger partial charge >= 0.3 is 14.0 Å². The molecule has 3 rings (SSSR count). The monoisotopic (exact) mass is 670 g/mol. The van der Waals surface area contributed by atoms with Crippen molar-refractivity contribution in [3.05, 3.63) is 87.6 Å². The number of nitrogens with zero attached hydrogens (tertiary/aromatic N) is 1. The molecule has 0 bridgehead atoms. The second-order valence-corrected chi connectivity index (χ2v) is 13.5. The molecule has 0 spiro atoms. The largest absolute Gasteiger partial charge is 0.477 e. The number of hydrogen-bond acceptors (Lipinski definition) is 9. The van der Waals surface area contributed by atoms with Crippen molar-refractivity contribution in [2.24, 2.45) is 0 Å². The molecule has 2 aromatic carbocycles. The van der Waals surface area contributed by atoms with Gasteiger partial charge in [0.2, 0.25) is 0 Å². The van der Waals surface area contributed by atoms with Crippen LogP contribution in [0.1, 0.15) is 63.0 Å². The van der Waals surface area contributed by atoms with Crippen LogP contribution in [-0.2, 0) is 36.7 Å². The molecule has 0 saturated carbocycles. The third-order valence-electron chi connectivity index (χ3n) is 5.49. The number of benzene rings is 2. The lowest BCUT2D eigenvalue weighted by molar-refractivity contribution is -0.137. The van der Waals surface area contributed by atoms with Crippen molar-refractivity contribution in [1.29, 1.82) is 0 Å². The van der Waals surface area contributed by atoms with Crippen molar-refractivity contribution in [3.8, 4) is 11.5 Å². The average molecular weight is 670 g/mol. The quantitative estimate of drug-likeness (QED) is 0.102. The Hall–Kier alpha value is -3.53. The van der Waals surface area contributed by atoms with Gasteiger partial charge in [-0.2, -0.15) is 13.2 Å². The zero-order chi connectivity index (χ0) is 34.9. The number of phosphoric acid groups is 1. The van der Waals surface area contributed by atoms with E-state index in [9.17, 15) is 41.9 Å². The van der Waals surface area contributed by atoms with E-state index < -0.39 is 83.1 Å². The zero-order valence-corrected chi connectivity index (χ0v) is 26.5. The van der Waals surface area contributed by atoms with Crippen LogP contribution in [0, 0.1) is 5.82 Å². The first kappa shape index (κ1) is 36.9. The van der Waals surface area contributed by atoms with Crippen LogP contribution in [0.15, 0.2) is 59.5 Å². The number of anilines is 1. The standard InChI is InChI=1S/C29H32BF4N2O9P/c1-26(2,3)44-46(41,45-27(4,5)6)42-16-36-12-11-19(15-24(36)37)35-25(38)20-9-7-17(29(32,33)34)13-23(20)43-22-10-8-18(31)14-21(22)28(30,39)40/h7-15,39-40H,16H2,1-6H3,(H,35,38). The predicted octanol–water partition coefficient (Wildman–Crippen LogP) is 6.03. The minimum absolute atomic E-state index is 0.0914. The highest BCUT2D eigenvalue weighted by Gasteiger charge is 2.37. The van der Waals surface area contributed by atoms with Crippen molar-refractivity contribution in [2.75, 3.05) is 5.32 Å². The molecular formula is C29H32BF4N2O9P. The maximum absolute atomic E-state index is 13.8. The number of carbonyl (C=O) groups is 1. The summed E-state index contributed by atoms with van der Waals surface area (Å²) < 4.78 is 90.4. The third-order valence-corrected chi connectivity index (χ3v) is 7.47. The summed E-state index contributed by atoms with van der Waals surface area (Å²) in [6.07, 6.45) is -3.68. The Labute approximate surface area is 263 Å². The maximum atomic E-state index is 13.8. The number of ether oxygens (including phenoxy) is 1.